The topological polar surface area (TPSA) is 57.0 Å². The first-order chi connectivity index (χ1) is 12.6. The molecular weight excluding hydrogens is 324 g/mol. The van der Waals surface area contributed by atoms with Crippen molar-refractivity contribution in [2.75, 3.05) is 54.4 Å². The van der Waals surface area contributed by atoms with Crippen LogP contribution in [0.15, 0.2) is 46.6 Å². The standard InChI is InChI=1S/C20H26N6/c1-25(2)13-11-23-19-15-7-5-9-21-17(15)18-16(8-6-10-22-18)20(19)24-12-14-26(3)4/h5-10H,11-14H2,1-4H3. The third-order valence-electron chi connectivity index (χ3n) is 4.21. The lowest BCUT2D eigenvalue weighted by atomic mass is 9.89. The molecule has 0 aromatic carbocycles. The quantitative estimate of drug-likeness (QED) is 0.798. The molecule has 0 N–H and O–H groups in total. The molecule has 0 bridgehead atoms. The van der Waals surface area contributed by atoms with E-state index in [1.807, 2.05) is 24.5 Å². The first kappa shape index (κ1) is 18.4. The van der Waals surface area contributed by atoms with Crippen molar-refractivity contribution in [3.8, 4) is 11.4 Å². The van der Waals surface area contributed by atoms with Gasteiger partial charge in [-0.2, -0.15) is 0 Å². The van der Waals surface area contributed by atoms with E-state index in [0.717, 1.165) is 60.1 Å². The van der Waals surface area contributed by atoms with Crippen LogP contribution in [-0.2, 0) is 0 Å². The maximum atomic E-state index is 4.91. The Morgan fingerprint density at radius 1 is 0.731 bits per heavy atom. The van der Waals surface area contributed by atoms with E-state index in [1.165, 1.54) is 0 Å². The fourth-order valence-electron chi connectivity index (χ4n) is 2.87. The summed E-state index contributed by atoms with van der Waals surface area (Å²) in [4.78, 5) is 23.2. The molecular formula is C20H26N6. The summed E-state index contributed by atoms with van der Waals surface area (Å²) in [6.07, 6.45) is 3.62. The first-order valence-corrected chi connectivity index (χ1v) is 8.88. The molecule has 0 saturated heterocycles. The van der Waals surface area contributed by atoms with Gasteiger partial charge >= 0.3 is 0 Å². The fraction of sp³-hybridized carbons (Fsp3) is 0.400. The smallest absolute Gasteiger partial charge is 0.0987 e. The Morgan fingerprint density at radius 3 is 1.54 bits per heavy atom. The molecule has 2 aromatic rings. The van der Waals surface area contributed by atoms with Crippen molar-refractivity contribution in [2.24, 2.45) is 9.98 Å². The summed E-state index contributed by atoms with van der Waals surface area (Å²) in [5, 5.41) is 0. The van der Waals surface area contributed by atoms with E-state index < -0.39 is 0 Å². The van der Waals surface area contributed by atoms with E-state index >= 15 is 0 Å². The van der Waals surface area contributed by atoms with Gasteiger partial charge in [0.2, 0.25) is 0 Å². The molecule has 0 fully saturated rings. The van der Waals surface area contributed by atoms with Crippen LogP contribution < -0.4 is 0 Å². The Labute approximate surface area is 155 Å². The maximum Gasteiger partial charge on any atom is 0.0987 e. The van der Waals surface area contributed by atoms with Gasteiger partial charge < -0.3 is 9.80 Å². The van der Waals surface area contributed by atoms with Crippen molar-refractivity contribution >= 4 is 11.4 Å². The van der Waals surface area contributed by atoms with Crippen LogP contribution in [0.1, 0.15) is 11.1 Å². The van der Waals surface area contributed by atoms with E-state index in [1.54, 1.807) is 0 Å². The lowest BCUT2D eigenvalue weighted by molar-refractivity contribution is 0.420. The second-order valence-corrected chi connectivity index (χ2v) is 6.87. The number of aromatic nitrogens is 2. The van der Waals surface area contributed by atoms with Crippen molar-refractivity contribution in [1.29, 1.82) is 0 Å². The normalized spacial score (nSPS) is 16.4. The van der Waals surface area contributed by atoms with Gasteiger partial charge in [0.1, 0.15) is 0 Å². The van der Waals surface area contributed by atoms with Gasteiger partial charge in [-0.3, -0.25) is 20.0 Å². The summed E-state index contributed by atoms with van der Waals surface area (Å²) in [7, 11) is 8.23. The van der Waals surface area contributed by atoms with Gasteiger partial charge in [0.15, 0.2) is 0 Å². The Bertz CT molecular complexity index is 753. The Morgan fingerprint density at radius 2 is 1.15 bits per heavy atom. The molecule has 0 spiro atoms. The van der Waals surface area contributed by atoms with Crippen LogP contribution in [0.4, 0.5) is 0 Å². The van der Waals surface area contributed by atoms with Crippen LogP contribution in [0.25, 0.3) is 11.4 Å². The number of hydrogen-bond acceptors (Lipinski definition) is 6. The number of rotatable bonds is 6. The largest absolute Gasteiger partial charge is 0.308 e. The van der Waals surface area contributed by atoms with E-state index in [0.29, 0.717) is 0 Å². The maximum absolute atomic E-state index is 4.91. The van der Waals surface area contributed by atoms with Crippen LogP contribution in [0, 0.1) is 0 Å². The predicted octanol–water partition coefficient (Wildman–Crippen LogP) is 1.86. The van der Waals surface area contributed by atoms with Gasteiger partial charge in [-0.15, -0.1) is 0 Å². The molecule has 136 valence electrons. The third-order valence-corrected chi connectivity index (χ3v) is 4.21. The lowest BCUT2D eigenvalue weighted by Crippen LogP contribution is -2.27. The Kier molecular flexibility index (Phi) is 5.85. The van der Waals surface area contributed by atoms with Crippen molar-refractivity contribution in [3.05, 3.63) is 47.8 Å². The summed E-state index contributed by atoms with van der Waals surface area (Å²) in [5.41, 5.74) is 5.65. The van der Waals surface area contributed by atoms with Crippen LogP contribution in [0.2, 0.25) is 0 Å². The van der Waals surface area contributed by atoms with Crippen molar-refractivity contribution < 1.29 is 0 Å². The molecule has 26 heavy (non-hydrogen) atoms. The van der Waals surface area contributed by atoms with Gasteiger partial charge in [0, 0.05) is 36.6 Å². The fourth-order valence-corrected chi connectivity index (χ4v) is 2.87. The number of hydrogen-bond donors (Lipinski definition) is 0. The summed E-state index contributed by atoms with van der Waals surface area (Å²) in [6.45, 7) is 3.23. The molecule has 0 unspecified atom stereocenters. The molecule has 0 radical (unpaired) electrons. The first-order valence-electron chi connectivity index (χ1n) is 8.88. The minimum absolute atomic E-state index is 0.721. The highest BCUT2D eigenvalue weighted by Gasteiger charge is 2.28. The molecule has 2 heterocycles. The molecule has 0 saturated carbocycles. The van der Waals surface area contributed by atoms with Crippen LogP contribution in [0.5, 0.6) is 0 Å². The number of pyridine rings is 2. The van der Waals surface area contributed by atoms with Gasteiger partial charge in [-0.05, 0) is 52.5 Å². The molecule has 0 amide bonds. The minimum atomic E-state index is 0.721. The predicted molar refractivity (Wildman–Crippen MR) is 107 cm³/mol. The zero-order valence-corrected chi connectivity index (χ0v) is 16.0. The minimum Gasteiger partial charge on any atom is -0.308 e. The molecule has 0 aliphatic heterocycles. The van der Waals surface area contributed by atoms with Crippen molar-refractivity contribution in [1.82, 2.24) is 19.8 Å². The van der Waals surface area contributed by atoms with E-state index in [9.17, 15) is 0 Å². The van der Waals surface area contributed by atoms with E-state index in [-0.39, 0.29) is 0 Å². The Hall–Kier alpha value is -2.44. The second-order valence-electron chi connectivity index (χ2n) is 6.87. The van der Waals surface area contributed by atoms with Crippen LogP contribution >= 0.6 is 0 Å². The molecule has 3 rings (SSSR count). The summed E-state index contributed by atoms with van der Waals surface area (Å²) >= 11 is 0. The molecule has 0 atom stereocenters. The highest BCUT2D eigenvalue weighted by atomic mass is 15.1. The Balaban J connectivity index is 2.09. The molecule has 1 aliphatic carbocycles. The zero-order valence-electron chi connectivity index (χ0n) is 16.0. The summed E-state index contributed by atoms with van der Waals surface area (Å²) in [6, 6.07) is 8.03. The number of fused-ring (bicyclic) bond motifs is 3. The summed E-state index contributed by atoms with van der Waals surface area (Å²) < 4.78 is 0. The van der Waals surface area contributed by atoms with Crippen LogP contribution in [0.3, 0.4) is 0 Å². The number of likely N-dealkylation sites (N-methyl/N-ethyl adjacent to an activating group) is 2. The molecule has 6 nitrogen and oxygen atoms in total. The zero-order chi connectivity index (χ0) is 18.5. The van der Waals surface area contributed by atoms with Crippen molar-refractivity contribution in [2.45, 2.75) is 0 Å². The monoisotopic (exact) mass is 350 g/mol. The highest BCUT2D eigenvalue weighted by molar-refractivity contribution is 6.56. The van der Waals surface area contributed by atoms with Crippen LogP contribution in [-0.4, -0.2) is 85.6 Å². The number of nitrogens with zero attached hydrogens (tertiary/aromatic N) is 6. The molecule has 6 heteroatoms. The molecule has 2 aromatic heterocycles. The number of aliphatic imine (C=N–C) groups is 2. The van der Waals surface area contributed by atoms with Gasteiger partial charge in [0.05, 0.1) is 35.9 Å². The SMILES string of the molecule is CN(C)CCN=C1C(=NCCN(C)C)c2cccnc2-c2ncccc21. The second kappa shape index (κ2) is 8.29. The van der Waals surface area contributed by atoms with Gasteiger partial charge in [-0.1, -0.05) is 0 Å². The average Bonchev–Trinajstić information content (AvgIpc) is 2.63. The highest BCUT2D eigenvalue weighted by Crippen LogP contribution is 2.30. The van der Waals surface area contributed by atoms with Gasteiger partial charge in [-0.25, -0.2) is 0 Å². The summed E-state index contributed by atoms with van der Waals surface area (Å²) in [5.74, 6) is 0. The lowest BCUT2D eigenvalue weighted by Gasteiger charge is -2.22. The van der Waals surface area contributed by atoms with E-state index in [4.69, 9.17) is 9.98 Å². The van der Waals surface area contributed by atoms with Crippen molar-refractivity contribution in [3.63, 3.8) is 0 Å². The third kappa shape index (κ3) is 4.03. The van der Waals surface area contributed by atoms with E-state index in [2.05, 4.69) is 60.1 Å². The molecule has 1 aliphatic rings. The average molecular weight is 350 g/mol. The van der Waals surface area contributed by atoms with Gasteiger partial charge in [0.25, 0.3) is 0 Å².